The van der Waals surface area contributed by atoms with Crippen molar-refractivity contribution in [1.82, 2.24) is 10.3 Å². The van der Waals surface area contributed by atoms with Gasteiger partial charge in [-0.2, -0.15) is 13.2 Å². The van der Waals surface area contributed by atoms with Crippen LogP contribution in [0.2, 0.25) is 5.02 Å². The molecule has 0 spiro atoms. The molecule has 2 aromatic carbocycles. The van der Waals surface area contributed by atoms with Gasteiger partial charge < -0.3 is 20.4 Å². The number of H-pyrrole nitrogens is 1. The van der Waals surface area contributed by atoms with E-state index in [9.17, 15) is 22.8 Å². The summed E-state index contributed by atoms with van der Waals surface area (Å²) < 4.78 is 43.8. The molecular formula is C23H21ClF3N3O3. The van der Waals surface area contributed by atoms with E-state index in [1.807, 2.05) is 0 Å². The Kier molecular flexibility index (Phi) is 6.51. The smallest absolute Gasteiger partial charge is 0.416 e. The third-order valence-corrected chi connectivity index (χ3v) is 5.83. The van der Waals surface area contributed by atoms with Gasteiger partial charge in [-0.1, -0.05) is 11.6 Å². The van der Waals surface area contributed by atoms with Gasteiger partial charge in [0.1, 0.15) is 5.75 Å². The van der Waals surface area contributed by atoms with Gasteiger partial charge in [0, 0.05) is 28.2 Å². The molecule has 2 amide bonds. The van der Waals surface area contributed by atoms with E-state index in [2.05, 4.69) is 15.6 Å². The van der Waals surface area contributed by atoms with Gasteiger partial charge in [-0.15, -0.1) is 0 Å². The molecule has 1 heterocycles. The second-order valence-corrected chi connectivity index (χ2v) is 8.37. The lowest BCUT2D eigenvalue weighted by molar-refractivity contribution is -0.137. The van der Waals surface area contributed by atoms with Crippen molar-refractivity contribution in [3.05, 3.63) is 59.2 Å². The molecule has 0 atom stereocenters. The van der Waals surface area contributed by atoms with Crippen LogP contribution >= 0.6 is 11.6 Å². The fourth-order valence-electron chi connectivity index (χ4n) is 3.87. The number of aromatic nitrogens is 1. The first-order valence-corrected chi connectivity index (χ1v) is 10.8. The molecule has 1 fully saturated rings. The fourth-order valence-corrected chi connectivity index (χ4v) is 4.04. The zero-order valence-corrected chi connectivity index (χ0v) is 18.1. The molecule has 0 unspecified atom stereocenters. The number of alkyl halides is 3. The number of amides is 2. The maximum absolute atomic E-state index is 12.7. The third kappa shape index (κ3) is 5.60. The fraction of sp³-hybridized carbons (Fsp3) is 0.304. The van der Waals surface area contributed by atoms with Crippen LogP contribution in [0.1, 0.15) is 31.2 Å². The van der Waals surface area contributed by atoms with Crippen LogP contribution in [0.5, 0.6) is 5.75 Å². The second-order valence-electron chi connectivity index (χ2n) is 7.93. The van der Waals surface area contributed by atoms with E-state index >= 15 is 0 Å². The van der Waals surface area contributed by atoms with Gasteiger partial charge in [0.15, 0.2) is 0 Å². The van der Waals surface area contributed by atoms with Crippen LogP contribution in [0.15, 0.2) is 48.7 Å². The molecule has 6 nitrogen and oxygen atoms in total. The highest BCUT2D eigenvalue weighted by atomic mass is 35.5. The van der Waals surface area contributed by atoms with Crippen molar-refractivity contribution in [1.29, 1.82) is 0 Å². The van der Waals surface area contributed by atoms with Crippen LogP contribution in [-0.4, -0.2) is 28.9 Å². The largest absolute Gasteiger partial charge is 0.490 e. The number of anilines is 1. The Labute approximate surface area is 192 Å². The molecule has 1 aromatic heterocycles. The van der Waals surface area contributed by atoms with Gasteiger partial charge in [-0.25, -0.2) is 0 Å². The SMILES string of the molecule is O=C(Nc1c[nH]c2ccc(Cl)cc12)C(=O)N[C@H]1CC[C@H](Oc2ccc(C(F)(F)F)cc2)CC1. The van der Waals surface area contributed by atoms with Crippen molar-refractivity contribution in [3.63, 3.8) is 0 Å². The van der Waals surface area contributed by atoms with Gasteiger partial charge >= 0.3 is 18.0 Å². The monoisotopic (exact) mass is 479 g/mol. The summed E-state index contributed by atoms with van der Waals surface area (Å²) >= 11 is 6.00. The number of halogens is 4. The third-order valence-electron chi connectivity index (χ3n) is 5.59. The number of hydrogen-bond acceptors (Lipinski definition) is 3. The molecule has 33 heavy (non-hydrogen) atoms. The molecule has 3 N–H and O–H groups in total. The van der Waals surface area contributed by atoms with E-state index < -0.39 is 23.6 Å². The molecule has 0 saturated heterocycles. The van der Waals surface area contributed by atoms with Crippen molar-refractivity contribution in [2.45, 2.75) is 44.0 Å². The Hall–Kier alpha value is -3.20. The van der Waals surface area contributed by atoms with Crippen molar-refractivity contribution in [2.24, 2.45) is 0 Å². The van der Waals surface area contributed by atoms with Crippen molar-refractivity contribution in [3.8, 4) is 5.75 Å². The maximum atomic E-state index is 12.7. The zero-order chi connectivity index (χ0) is 23.6. The average molecular weight is 480 g/mol. The molecule has 4 rings (SSSR count). The quantitative estimate of drug-likeness (QED) is 0.445. The van der Waals surface area contributed by atoms with Gasteiger partial charge in [0.05, 0.1) is 17.4 Å². The average Bonchev–Trinajstić information content (AvgIpc) is 3.16. The van der Waals surface area contributed by atoms with Gasteiger partial charge in [0.25, 0.3) is 0 Å². The van der Waals surface area contributed by atoms with Gasteiger partial charge in [-0.05, 0) is 68.1 Å². The van der Waals surface area contributed by atoms with Crippen LogP contribution in [-0.2, 0) is 15.8 Å². The Balaban J connectivity index is 1.25. The summed E-state index contributed by atoms with van der Waals surface area (Å²) in [6.45, 7) is 0. The Morgan fingerprint density at radius 1 is 1.00 bits per heavy atom. The predicted octanol–water partition coefficient (Wildman–Crippen LogP) is 5.29. The molecule has 3 aromatic rings. The van der Waals surface area contributed by atoms with Gasteiger partial charge in [-0.3, -0.25) is 9.59 Å². The first kappa shape index (κ1) is 23.0. The number of carbonyl (C=O) groups excluding carboxylic acids is 2. The van der Waals surface area contributed by atoms with Crippen molar-refractivity contribution >= 4 is 40.0 Å². The highest BCUT2D eigenvalue weighted by Crippen LogP contribution is 2.31. The number of rotatable bonds is 4. The van der Waals surface area contributed by atoms with E-state index in [0.717, 1.165) is 17.6 Å². The first-order chi connectivity index (χ1) is 15.7. The molecule has 1 aliphatic rings. The van der Waals surface area contributed by atoms with E-state index in [1.54, 1.807) is 24.4 Å². The topological polar surface area (TPSA) is 83.2 Å². The second kappa shape index (κ2) is 9.35. The number of hydrogen-bond donors (Lipinski definition) is 3. The first-order valence-electron chi connectivity index (χ1n) is 10.4. The van der Waals surface area contributed by atoms with Crippen LogP contribution in [0.25, 0.3) is 10.9 Å². The Bertz CT molecular complexity index is 1150. The minimum atomic E-state index is -4.39. The normalized spacial score (nSPS) is 18.7. The van der Waals surface area contributed by atoms with Crippen LogP contribution in [0.4, 0.5) is 18.9 Å². The molecule has 0 radical (unpaired) electrons. The molecule has 1 saturated carbocycles. The van der Waals surface area contributed by atoms with E-state index in [4.69, 9.17) is 16.3 Å². The lowest BCUT2D eigenvalue weighted by atomic mass is 9.93. The summed E-state index contributed by atoms with van der Waals surface area (Å²) in [6, 6.07) is 9.59. The lowest BCUT2D eigenvalue weighted by Gasteiger charge is -2.29. The summed E-state index contributed by atoms with van der Waals surface area (Å²) in [5.74, 6) is -1.15. The maximum Gasteiger partial charge on any atom is 0.416 e. The van der Waals surface area contributed by atoms with Crippen molar-refractivity contribution in [2.75, 3.05) is 5.32 Å². The number of nitrogens with one attached hydrogen (secondary N) is 3. The molecule has 0 bridgehead atoms. The molecular weight excluding hydrogens is 459 g/mol. The summed E-state index contributed by atoms with van der Waals surface area (Å²) in [5.41, 5.74) is 0.512. The van der Waals surface area contributed by atoms with E-state index in [1.165, 1.54) is 12.1 Å². The summed E-state index contributed by atoms with van der Waals surface area (Å²) in [6.07, 6.45) is -0.568. The number of carbonyl (C=O) groups is 2. The van der Waals surface area contributed by atoms with E-state index in [0.29, 0.717) is 47.5 Å². The Morgan fingerprint density at radius 2 is 1.70 bits per heavy atom. The van der Waals surface area contributed by atoms with E-state index in [-0.39, 0.29) is 12.1 Å². The van der Waals surface area contributed by atoms with Gasteiger partial charge in [0.2, 0.25) is 0 Å². The van der Waals surface area contributed by atoms with Crippen LogP contribution < -0.4 is 15.4 Å². The number of benzene rings is 2. The van der Waals surface area contributed by atoms with Crippen LogP contribution in [0, 0.1) is 0 Å². The highest BCUT2D eigenvalue weighted by molar-refractivity contribution is 6.40. The molecule has 10 heteroatoms. The zero-order valence-electron chi connectivity index (χ0n) is 17.3. The lowest BCUT2D eigenvalue weighted by Crippen LogP contribution is -2.44. The predicted molar refractivity (Wildman–Crippen MR) is 118 cm³/mol. The minimum absolute atomic E-state index is 0.167. The number of fused-ring (bicyclic) bond motifs is 1. The molecule has 174 valence electrons. The molecule has 1 aliphatic carbocycles. The van der Waals surface area contributed by atoms with Crippen molar-refractivity contribution < 1.29 is 27.5 Å². The minimum Gasteiger partial charge on any atom is -0.490 e. The summed E-state index contributed by atoms with van der Waals surface area (Å²) in [4.78, 5) is 27.7. The number of aromatic amines is 1. The molecule has 0 aliphatic heterocycles. The number of ether oxygens (including phenoxy) is 1. The highest BCUT2D eigenvalue weighted by Gasteiger charge is 2.30. The summed E-state index contributed by atoms with van der Waals surface area (Å²) in [7, 11) is 0. The summed E-state index contributed by atoms with van der Waals surface area (Å²) in [5, 5.41) is 6.53. The van der Waals surface area contributed by atoms with Crippen LogP contribution in [0.3, 0.4) is 0 Å². The standard InChI is InChI=1S/C23H21ClF3N3O3/c24-14-3-10-19-18(11-14)20(12-28-19)30-22(32)21(31)29-15-4-8-17(9-5-15)33-16-6-1-13(2-7-16)23(25,26)27/h1-3,6-7,10-12,15,17,28H,4-5,8-9H2,(H,29,31)(H,30,32)/t15-,17-. The Morgan fingerprint density at radius 3 is 2.36 bits per heavy atom.